The van der Waals surface area contributed by atoms with Crippen molar-refractivity contribution in [3.63, 3.8) is 0 Å². The Bertz CT molecular complexity index is 871. The van der Waals surface area contributed by atoms with E-state index >= 15 is 0 Å². The van der Waals surface area contributed by atoms with Crippen LogP contribution in [0.4, 0.5) is 0 Å². The summed E-state index contributed by atoms with van der Waals surface area (Å²) in [7, 11) is 0. The van der Waals surface area contributed by atoms with Gasteiger partial charge in [0.15, 0.2) is 5.17 Å². The fourth-order valence-corrected chi connectivity index (χ4v) is 4.73. The van der Waals surface area contributed by atoms with Gasteiger partial charge in [-0.05, 0) is 61.6 Å². The molecular weight excluding hydrogens is 354 g/mol. The van der Waals surface area contributed by atoms with Crippen molar-refractivity contribution in [2.24, 2.45) is 10.9 Å². The molecule has 0 aliphatic carbocycles. The number of hydrogen-bond donors (Lipinski definition) is 0. The highest BCUT2D eigenvalue weighted by atomic mass is 32.2. The van der Waals surface area contributed by atoms with Crippen molar-refractivity contribution in [2.45, 2.75) is 58.2 Å². The van der Waals surface area contributed by atoms with Crippen LogP contribution in [0.1, 0.15) is 43.4 Å². The Morgan fingerprint density at radius 1 is 1.30 bits per heavy atom. The number of hydrogen-bond acceptors (Lipinski definition) is 4. The van der Waals surface area contributed by atoms with Crippen molar-refractivity contribution in [1.82, 2.24) is 9.88 Å². The van der Waals surface area contributed by atoms with Gasteiger partial charge >= 0.3 is 0 Å². The van der Waals surface area contributed by atoms with Crippen molar-refractivity contribution in [3.8, 4) is 0 Å². The quantitative estimate of drug-likeness (QED) is 0.749. The molecule has 0 spiro atoms. The van der Waals surface area contributed by atoms with E-state index in [1.165, 1.54) is 28.5 Å². The third-order valence-electron chi connectivity index (χ3n) is 5.30. The first kappa shape index (κ1) is 18.8. The van der Waals surface area contributed by atoms with E-state index in [0.29, 0.717) is 12.0 Å². The summed E-state index contributed by atoms with van der Waals surface area (Å²) in [6.07, 6.45) is 2.65. The molecule has 0 N–H and O–H groups in total. The molecule has 2 aromatic rings. The minimum absolute atomic E-state index is 0.328. The number of nitrogens with zero attached hydrogens (tertiary/aromatic N) is 3. The molecule has 1 saturated heterocycles. The summed E-state index contributed by atoms with van der Waals surface area (Å²) in [5, 5.41) is 3.49. The predicted octanol–water partition coefficient (Wildman–Crippen LogP) is 4.95. The number of aliphatic imine (C=N–C) groups is 1. The van der Waals surface area contributed by atoms with Gasteiger partial charge in [0, 0.05) is 37.2 Å². The third kappa shape index (κ3) is 3.99. The van der Waals surface area contributed by atoms with E-state index in [2.05, 4.69) is 50.8 Å². The molecular formula is C22H29N3OS. The second-order valence-electron chi connectivity index (χ2n) is 8.18. The first-order valence-electron chi connectivity index (χ1n) is 10.00. The van der Waals surface area contributed by atoms with Crippen LogP contribution < -0.4 is 0 Å². The van der Waals surface area contributed by atoms with E-state index in [4.69, 9.17) is 14.7 Å². The zero-order chi connectivity index (χ0) is 19.0. The van der Waals surface area contributed by atoms with Gasteiger partial charge in [-0.2, -0.15) is 0 Å². The largest absolute Gasteiger partial charge is 0.376 e. The molecule has 5 heteroatoms. The zero-order valence-corrected chi connectivity index (χ0v) is 17.6. The third-order valence-corrected chi connectivity index (χ3v) is 6.42. The Labute approximate surface area is 166 Å². The SMILES string of the molecule is Cc1ccc(C)c2nc3c(cc12)CN(C[C@@H]1CCCO1)C(=NCC(C)C)S3. The van der Waals surface area contributed by atoms with Crippen LogP contribution in [0.2, 0.25) is 0 Å². The van der Waals surface area contributed by atoms with Gasteiger partial charge in [-0.1, -0.05) is 26.0 Å². The molecule has 0 unspecified atom stereocenters. The topological polar surface area (TPSA) is 37.7 Å². The maximum Gasteiger partial charge on any atom is 0.165 e. The molecule has 2 aliphatic rings. The van der Waals surface area contributed by atoms with Gasteiger partial charge in [-0.15, -0.1) is 0 Å². The number of ether oxygens (including phenoxy) is 1. The monoisotopic (exact) mass is 383 g/mol. The summed E-state index contributed by atoms with van der Waals surface area (Å²) in [6.45, 7) is 12.3. The Kier molecular flexibility index (Phi) is 5.42. The highest BCUT2D eigenvalue weighted by Crippen LogP contribution is 2.35. The van der Waals surface area contributed by atoms with Gasteiger partial charge in [-0.3, -0.25) is 4.99 Å². The molecule has 1 aromatic carbocycles. The molecule has 1 atom stereocenters. The molecule has 0 bridgehead atoms. The van der Waals surface area contributed by atoms with Crippen LogP contribution in [0.5, 0.6) is 0 Å². The maximum absolute atomic E-state index is 5.90. The fourth-order valence-electron chi connectivity index (χ4n) is 3.75. The Hall–Kier alpha value is -1.59. The van der Waals surface area contributed by atoms with Crippen LogP contribution in [-0.4, -0.2) is 40.9 Å². The summed E-state index contributed by atoms with van der Waals surface area (Å²) < 4.78 is 5.90. The fraction of sp³-hybridized carbons (Fsp3) is 0.545. The zero-order valence-electron chi connectivity index (χ0n) is 16.8. The molecule has 27 heavy (non-hydrogen) atoms. The lowest BCUT2D eigenvalue weighted by Gasteiger charge is -2.32. The van der Waals surface area contributed by atoms with E-state index < -0.39 is 0 Å². The number of pyridine rings is 1. The molecule has 1 fully saturated rings. The van der Waals surface area contributed by atoms with E-state index in [9.17, 15) is 0 Å². The van der Waals surface area contributed by atoms with Crippen molar-refractivity contribution >= 4 is 27.8 Å². The van der Waals surface area contributed by atoms with E-state index in [1.807, 2.05) is 0 Å². The number of rotatable bonds is 4. The van der Waals surface area contributed by atoms with Gasteiger partial charge in [-0.25, -0.2) is 4.98 Å². The van der Waals surface area contributed by atoms with Crippen LogP contribution in [0, 0.1) is 19.8 Å². The van der Waals surface area contributed by atoms with Crippen LogP contribution in [0.3, 0.4) is 0 Å². The second kappa shape index (κ2) is 7.80. The lowest BCUT2D eigenvalue weighted by Crippen LogP contribution is -2.38. The van der Waals surface area contributed by atoms with Gasteiger partial charge in [0.25, 0.3) is 0 Å². The summed E-state index contributed by atoms with van der Waals surface area (Å²) in [5.41, 5.74) is 4.96. The normalized spacial score (nSPS) is 21.4. The average molecular weight is 384 g/mol. The first-order chi connectivity index (χ1) is 13.0. The number of aryl methyl sites for hydroxylation is 2. The van der Waals surface area contributed by atoms with E-state index in [0.717, 1.165) is 48.4 Å². The minimum atomic E-state index is 0.328. The molecule has 1 aromatic heterocycles. The number of benzene rings is 1. The number of fused-ring (bicyclic) bond motifs is 2. The summed E-state index contributed by atoms with van der Waals surface area (Å²) >= 11 is 1.73. The maximum atomic E-state index is 5.90. The molecule has 2 aliphatic heterocycles. The molecule has 0 saturated carbocycles. The number of thioether (sulfide) groups is 1. The highest BCUT2D eigenvalue weighted by Gasteiger charge is 2.28. The predicted molar refractivity (Wildman–Crippen MR) is 114 cm³/mol. The number of aromatic nitrogens is 1. The van der Waals surface area contributed by atoms with Crippen molar-refractivity contribution in [2.75, 3.05) is 19.7 Å². The molecule has 4 rings (SSSR count). The Morgan fingerprint density at radius 3 is 2.85 bits per heavy atom. The van der Waals surface area contributed by atoms with Gasteiger partial charge in [0.1, 0.15) is 5.03 Å². The van der Waals surface area contributed by atoms with Crippen LogP contribution >= 0.6 is 11.8 Å². The van der Waals surface area contributed by atoms with Gasteiger partial charge in [0.2, 0.25) is 0 Å². The van der Waals surface area contributed by atoms with Crippen LogP contribution in [0.25, 0.3) is 10.9 Å². The summed E-state index contributed by atoms with van der Waals surface area (Å²) in [5.74, 6) is 0.554. The molecule has 0 radical (unpaired) electrons. The highest BCUT2D eigenvalue weighted by molar-refractivity contribution is 8.13. The van der Waals surface area contributed by atoms with Crippen LogP contribution in [-0.2, 0) is 11.3 Å². The lowest BCUT2D eigenvalue weighted by atomic mass is 10.0. The smallest absolute Gasteiger partial charge is 0.165 e. The van der Waals surface area contributed by atoms with Crippen molar-refractivity contribution in [3.05, 3.63) is 34.9 Å². The van der Waals surface area contributed by atoms with E-state index in [-0.39, 0.29) is 0 Å². The Morgan fingerprint density at radius 2 is 2.11 bits per heavy atom. The van der Waals surface area contributed by atoms with E-state index in [1.54, 1.807) is 11.8 Å². The van der Waals surface area contributed by atoms with Gasteiger partial charge < -0.3 is 9.64 Å². The standard InChI is InChI=1S/C22H29N3OS/c1-14(2)11-23-22-25(13-18-6-5-9-26-18)12-17-10-19-15(3)7-8-16(4)20(19)24-21(17)27-22/h7-8,10,14,18H,5-6,9,11-13H2,1-4H3/t18-/m0/s1. The van der Waals surface area contributed by atoms with Crippen molar-refractivity contribution in [1.29, 1.82) is 0 Å². The van der Waals surface area contributed by atoms with Crippen molar-refractivity contribution < 1.29 is 4.74 Å². The average Bonchev–Trinajstić information content (AvgIpc) is 3.15. The second-order valence-corrected chi connectivity index (χ2v) is 9.14. The van der Waals surface area contributed by atoms with Crippen LogP contribution in [0.15, 0.2) is 28.2 Å². The first-order valence-corrected chi connectivity index (χ1v) is 10.8. The summed E-state index contributed by atoms with van der Waals surface area (Å²) in [6, 6.07) is 6.71. The lowest BCUT2D eigenvalue weighted by molar-refractivity contribution is 0.0902. The molecule has 3 heterocycles. The minimum Gasteiger partial charge on any atom is -0.376 e. The molecule has 144 valence electrons. The summed E-state index contributed by atoms with van der Waals surface area (Å²) in [4.78, 5) is 12.4. The van der Waals surface area contributed by atoms with Gasteiger partial charge in [0.05, 0.1) is 11.6 Å². The molecule has 0 amide bonds. The molecule has 4 nitrogen and oxygen atoms in total. The Balaban J connectivity index is 1.70. The number of amidine groups is 1.